The molecule has 0 spiro atoms. The number of benzene rings is 2. The Morgan fingerprint density at radius 1 is 1.13 bits per heavy atom. The normalized spacial score (nSPS) is 12.3. The van der Waals surface area contributed by atoms with Crippen LogP contribution >= 0.6 is 11.6 Å². The van der Waals surface area contributed by atoms with E-state index in [-0.39, 0.29) is 11.9 Å². The van der Waals surface area contributed by atoms with Crippen molar-refractivity contribution in [1.82, 2.24) is 10.2 Å². The maximum atomic E-state index is 12.4. The van der Waals surface area contributed by atoms with Crippen LogP contribution in [0.25, 0.3) is 0 Å². The summed E-state index contributed by atoms with van der Waals surface area (Å²) >= 11 is 6.30. The van der Waals surface area contributed by atoms with Crippen LogP contribution in [0.2, 0.25) is 5.02 Å². The number of carbonyl (C=O) groups is 1. The van der Waals surface area contributed by atoms with E-state index in [1.807, 2.05) is 64.3 Å². The minimum absolute atomic E-state index is 0.0264. The number of rotatable bonds is 5. The van der Waals surface area contributed by atoms with Gasteiger partial charge in [0.25, 0.3) is 5.91 Å². The summed E-state index contributed by atoms with van der Waals surface area (Å²) in [6.45, 7) is 4.49. The molecular weight excluding hydrogens is 308 g/mol. The molecular formula is C19H23ClN2O. The van der Waals surface area contributed by atoms with Crippen LogP contribution in [0.4, 0.5) is 0 Å². The van der Waals surface area contributed by atoms with Crippen molar-refractivity contribution in [2.45, 2.75) is 19.9 Å². The van der Waals surface area contributed by atoms with Gasteiger partial charge in [0.2, 0.25) is 0 Å². The zero-order valence-electron chi connectivity index (χ0n) is 14.1. The second-order valence-electron chi connectivity index (χ2n) is 6.09. The monoisotopic (exact) mass is 330 g/mol. The fraction of sp³-hybridized carbons (Fsp3) is 0.316. The van der Waals surface area contributed by atoms with Crippen LogP contribution in [0.15, 0.2) is 42.5 Å². The number of hydrogen-bond donors (Lipinski definition) is 1. The average Bonchev–Trinajstić information content (AvgIpc) is 2.47. The molecule has 23 heavy (non-hydrogen) atoms. The molecule has 0 aliphatic carbocycles. The zero-order valence-corrected chi connectivity index (χ0v) is 14.8. The maximum absolute atomic E-state index is 12.4. The van der Waals surface area contributed by atoms with Gasteiger partial charge in [0.05, 0.1) is 6.04 Å². The van der Waals surface area contributed by atoms with Gasteiger partial charge in [0.1, 0.15) is 0 Å². The number of halogens is 1. The lowest BCUT2D eigenvalue weighted by Gasteiger charge is -2.26. The third-order valence-electron chi connectivity index (χ3n) is 3.83. The second kappa shape index (κ2) is 7.62. The molecule has 0 saturated carbocycles. The second-order valence-corrected chi connectivity index (χ2v) is 6.49. The summed E-state index contributed by atoms with van der Waals surface area (Å²) in [6.07, 6.45) is 0. The fourth-order valence-corrected chi connectivity index (χ4v) is 2.97. The molecule has 0 radical (unpaired) electrons. The fourth-order valence-electron chi connectivity index (χ4n) is 2.71. The molecule has 0 saturated heterocycles. The van der Waals surface area contributed by atoms with Gasteiger partial charge in [-0.1, -0.05) is 47.0 Å². The van der Waals surface area contributed by atoms with Gasteiger partial charge in [0, 0.05) is 17.1 Å². The van der Waals surface area contributed by atoms with Gasteiger partial charge in [-0.15, -0.1) is 0 Å². The molecule has 0 aliphatic heterocycles. The van der Waals surface area contributed by atoms with Crippen molar-refractivity contribution in [2.24, 2.45) is 0 Å². The molecule has 0 fully saturated rings. The summed E-state index contributed by atoms with van der Waals surface area (Å²) in [5.41, 5.74) is 3.88. The van der Waals surface area contributed by atoms with Crippen molar-refractivity contribution in [2.75, 3.05) is 20.6 Å². The van der Waals surface area contributed by atoms with Crippen molar-refractivity contribution in [3.63, 3.8) is 0 Å². The van der Waals surface area contributed by atoms with Crippen LogP contribution in [0.1, 0.15) is 33.1 Å². The predicted octanol–water partition coefficient (Wildman–Crippen LogP) is 3.99. The van der Waals surface area contributed by atoms with Crippen molar-refractivity contribution < 1.29 is 4.79 Å². The van der Waals surface area contributed by atoms with Crippen LogP contribution in [0.3, 0.4) is 0 Å². The maximum Gasteiger partial charge on any atom is 0.251 e. The van der Waals surface area contributed by atoms with Crippen LogP contribution in [-0.4, -0.2) is 31.4 Å². The first-order valence-corrected chi connectivity index (χ1v) is 8.03. The van der Waals surface area contributed by atoms with Gasteiger partial charge in [-0.3, -0.25) is 4.79 Å². The van der Waals surface area contributed by atoms with Gasteiger partial charge >= 0.3 is 0 Å². The molecule has 0 aliphatic rings. The number of amides is 1. The summed E-state index contributed by atoms with van der Waals surface area (Å²) in [4.78, 5) is 14.5. The van der Waals surface area contributed by atoms with Gasteiger partial charge in [0.15, 0.2) is 0 Å². The first kappa shape index (κ1) is 17.5. The average molecular weight is 331 g/mol. The molecule has 4 heteroatoms. The molecule has 0 heterocycles. The summed E-state index contributed by atoms with van der Waals surface area (Å²) in [5.74, 6) is -0.0595. The lowest BCUT2D eigenvalue weighted by molar-refractivity contribution is 0.0941. The number of nitrogens with one attached hydrogen (secondary N) is 1. The van der Waals surface area contributed by atoms with E-state index in [4.69, 9.17) is 11.6 Å². The van der Waals surface area contributed by atoms with Crippen molar-refractivity contribution in [3.8, 4) is 0 Å². The third-order valence-corrected chi connectivity index (χ3v) is 4.17. The predicted molar refractivity (Wildman–Crippen MR) is 96.1 cm³/mol. The lowest BCUT2D eigenvalue weighted by atomic mass is 10.0. The number of carbonyl (C=O) groups excluding carboxylic acids is 1. The summed E-state index contributed by atoms with van der Waals surface area (Å²) in [5, 5.41) is 3.74. The minimum atomic E-state index is -0.0595. The van der Waals surface area contributed by atoms with Gasteiger partial charge < -0.3 is 10.2 Å². The number of nitrogens with zero attached hydrogens (tertiary/aromatic N) is 1. The van der Waals surface area contributed by atoms with Crippen LogP contribution in [-0.2, 0) is 0 Å². The third kappa shape index (κ3) is 4.57. The van der Waals surface area contributed by atoms with Crippen molar-refractivity contribution in [1.29, 1.82) is 0 Å². The Hall–Kier alpha value is -1.84. The Morgan fingerprint density at radius 2 is 1.74 bits per heavy atom. The Morgan fingerprint density at radius 3 is 2.30 bits per heavy atom. The molecule has 3 nitrogen and oxygen atoms in total. The van der Waals surface area contributed by atoms with Gasteiger partial charge in [-0.2, -0.15) is 0 Å². The van der Waals surface area contributed by atoms with Crippen LogP contribution in [0.5, 0.6) is 0 Å². The Bertz CT molecular complexity index is 677. The zero-order chi connectivity index (χ0) is 17.0. The van der Waals surface area contributed by atoms with Gasteiger partial charge in [-0.05, 0) is 51.7 Å². The van der Waals surface area contributed by atoms with E-state index in [1.54, 1.807) is 0 Å². The molecule has 1 amide bonds. The van der Waals surface area contributed by atoms with E-state index in [0.717, 1.165) is 16.7 Å². The molecule has 0 aromatic heterocycles. The summed E-state index contributed by atoms with van der Waals surface area (Å²) in [6, 6.07) is 13.6. The lowest BCUT2D eigenvalue weighted by Crippen LogP contribution is -2.34. The molecule has 2 rings (SSSR count). The standard InChI is InChI=1S/C19H23ClN2O/c1-13-9-14(2)11-15(10-13)19(23)21-12-18(22(3)4)16-7-5-6-8-17(16)20/h5-11,18H,12H2,1-4H3,(H,21,23). The molecule has 2 aromatic rings. The van der Waals surface area contributed by atoms with E-state index in [9.17, 15) is 4.79 Å². The minimum Gasteiger partial charge on any atom is -0.350 e. The van der Waals surface area contributed by atoms with Crippen LogP contribution < -0.4 is 5.32 Å². The molecule has 0 bridgehead atoms. The molecule has 122 valence electrons. The Balaban J connectivity index is 2.13. The number of likely N-dealkylation sites (N-methyl/N-ethyl adjacent to an activating group) is 1. The molecule has 1 unspecified atom stereocenters. The first-order chi connectivity index (χ1) is 10.9. The van der Waals surface area contributed by atoms with E-state index in [1.165, 1.54) is 0 Å². The van der Waals surface area contributed by atoms with E-state index in [0.29, 0.717) is 17.1 Å². The Kier molecular flexibility index (Phi) is 5.80. The summed E-state index contributed by atoms with van der Waals surface area (Å²) < 4.78 is 0. The largest absolute Gasteiger partial charge is 0.350 e. The Labute approximate surface area is 143 Å². The van der Waals surface area contributed by atoms with Gasteiger partial charge in [-0.25, -0.2) is 0 Å². The smallest absolute Gasteiger partial charge is 0.251 e. The van der Waals surface area contributed by atoms with E-state index >= 15 is 0 Å². The molecule has 2 aromatic carbocycles. The summed E-state index contributed by atoms with van der Waals surface area (Å²) in [7, 11) is 3.97. The number of hydrogen-bond acceptors (Lipinski definition) is 2. The molecule has 1 N–H and O–H groups in total. The van der Waals surface area contributed by atoms with Crippen molar-refractivity contribution >= 4 is 17.5 Å². The van der Waals surface area contributed by atoms with E-state index < -0.39 is 0 Å². The number of aryl methyl sites for hydroxylation is 2. The highest BCUT2D eigenvalue weighted by Gasteiger charge is 2.18. The van der Waals surface area contributed by atoms with Crippen molar-refractivity contribution in [3.05, 3.63) is 69.7 Å². The van der Waals surface area contributed by atoms with E-state index in [2.05, 4.69) is 16.3 Å². The van der Waals surface area contributed by atoms with Crippen LogP contribution in [0, 0.1) is 13.8 Å². The highest BCUT2D eigenvalue weighted by atomic mass is 35.5. The highest BCUT2D eigenvalue weighted by Crippen LogP contribution is 2.25. The molecule has 1 atom stereocenters. The highest BCUT2D eigenvalue weighted by molar-refractivity contribution is 6.31. The first-order valence-electron chi connectivity index (χ1n) is 7.66. The quantitative estimate of drug-likeness (QED) is 0.899. The SMILES string of the molecule is Cc1cc(C)cc(C(=O)NCC(c2ccccc2Cl)N(C)C)c1. The topological polar surface area (TPSA) is 32.3 Å².